The van der Waals surface area contributed by atoms with Crippen molar-refractivity contribution in [3.8, 4) is 11.5 Å². The van der Waals surface area contributed by atoms with Crippen LogP contribution in [0.3, 0.4) is 0 Å². The molecule has 2 aromatic rings. The van der Waals surface area contributed by atoms with Crippen molar-refractivity contribution in [1.82, 2.24) is 10.0 Å². The van der Waals surface area contributed by atoms with Crippen molar-refractivity contribution in [3.05, 3.63) is 53.6 Å². The number of Topliss-reactive ketones (excluding diaryl/α,β-unsaturated/α-hetero) is 1. The van der Waals surface area contributed by atoms with Gasteiger partial charge in [0.1, 0.15) is 6.54 Å². The summed E-state index contributed by atoms with van der Waals surface area (Å²) in [6.07, 6.45) is -1.14. The van der Waals surface area contributed by atoms with Gasteiger partial charge in [-0.25, -0.2) is 8.42 Å². The van der Waals surface area contributed by atoms with Crippen LogP contribution >= 0.6 is 0 Å². The Hall–Kier alpha value is -3.44. The highest BCUT2D eigenvalue weighted by atomic mass is 32.2. The smallest absolute Gasteiger partial charge is 0.321 e. The molecule has 0 spiro atoms. The normalized spacial score (nSPS) is 11.9. The standard InChI is InChI=1S/C22H26N2O8S/c1-14(25)17-6-8-18(9-7-17)33(28,29)24-13-21(26)32-15(2)22(27)23-12-16-5-10-19(30-3)20(11-16)31-4/h5-11,15,24H,12-13H2,1-4H3,(H,23,27). The molecular weight excluding hydrogens is 452 g/mol. The first kappa shape index (κ1) is 25.8. The van der Waals surface area contributed by atoms with Gasteiger partial charge in [0.25, 0.3) is 5.91 Å². The topological polar surface area (TPSA) is 137 Å². The number of ketones is 1. The van der Waals surface area contributed by atoms with Crippen LogP contribution in [0.15, 0.2) is 47.4 Å². The van der Waals surface area contributed by atoms with E-state index in [2.05, 4.69) is 10.0 Å². The van der Waals surface area contributed by atoms with Crippen molar-refractivity contribution in [3.63, 3.8) is 0 Å². The van der Waals surface area contributed by atoms with Crippen LogP contribution in [0.5, 0.6) is 11.5 Å². The number of rotatable bonds is 11. The van der Waals surface area contributed by atoms with E-state index in [1.807, 2.05) is 0 Å². The maximum absolute atomic E-state index is 12.3. The summed E-state index contributed by atoms with van der Waals surface area (Å²) in [6.45, 7) is 2.23. The van der Waals surface area contributed by atoms with E-state index in [0.717, 1.165) is 5.56 Å². The molecule has 33 heavy (non-hydrogen) atoms. The Morgan fingerprint density at radius 3 is 2.18 bits per heavy atom. The third-order valence-electron chi connectivity index (χ3n) is 4.57. The molecular formula is C22H26N2O8S. The van der Waals surface area contributed by atoms with Gasteiger partial charge in [0, 0.05) is 12.1 Å². The van der Waals surface area contributed by atoms with E-state index >= 15 is 0 Å². The van der Waals surface area contributed by atoms with E-state index < -0.39 is 34.5 Å². The van der Waals surface area contributed by atoms with Crippen molar-refractivity contribution >= 4 is 27.7 Å². The molecule has 0 aliphatic carbocycles. The fourth-order valence-electron chi connectivity index (χ4n) is 2.72. The first-order valence-corrected chi connectivity index (χ1v) is 11.3. The van der Waals surface area contributed by atoms with Crippen LogP contribution in [0.2, 0.25) is 0 Å². The predicted octanol–water partition coefficient (Wildman–Crippen LogP) is 1.43. The number of ether oxygens (including phenoxy) is 3. The molecule has 0 aromatic heterocycles. The van der Waals surface area contributed by atoms with Gasteiger partial charge >= 0.3 is 5.97 Å². The Kier molecular flexibility index (Phi) is 8.94. The Balaban J connectivity index is 1.85. The van der Waals surface area contributed by atoms with Gasteiger partial charge in [-0.2, -0.15) is 4.72 Å². The Labute approximate surface area is 192 Å². The first-order valence-electron chi connectivity index (χ1n) is 9.86. The fraction of sp³-hybridized carbons (Fsp3) is 0.318. The molecule has 1 atom stereocenters. The second-order valence-corrected chi connectivity index (χ2v) is 8.71. The molecule has 0 saturated heterocycles. The molecule has 1 unspecified atom stereocenters. The first-order chi connectivity index (χ1) is 15.6. The number of amides is 1. The number of carbonyl (C=O) groups excluding carboxylic acids is 3. The number of nitrogens with one attached hydrogen (secondary N) is 2. The van der Waals surface area contributed by atoms with Crippen LogP contribution in [-0.4, -0.2) is 52.9 Å². The van der Waals surface area contributed by atoms with Gasteiger partial charge < -0.3 is 19.5 Å². The molecule has 0 radical (unpaired) electrons. The van der Waals surface area contributed by atoms with Crippen LogP contribution in [-0.2, 0) is 30.9 Å². The maximum atomic E-state index is 12.3. The highest BCUT2D eigenvalue weighted by molar-refractivity contribution is 7.89. The van der Waals surface area contributed by atoms with Gasteiger partial charge in [-0.3, -0.25) is 14.4 Å². The number of benzene rings is 2. The lowest BCUT2D eigenvalue weighted by atomic mass is 10.2. The molecule has 1 amide bonds. The van der Waals surface area contributed by atoms with Gasteiger partial charge in [0.2, 0.25) is 10.0 Å². The highest BCUT2D eigenvalue weighted by Crippen LogP contribution is 2.27. The Bertz CT molecular complexity index is 1110. The van der Waals surface area contributed by atoms with E-state index in [0.29, 0.717) is 17.1 Å². The summed E-state index contributed by atoms with van der Waals surface area (Å²) in [5.41, 5.74) is 1.10. The van der Waals surface area contributed by atoms with Gasteiger partial charge in [0.05, 0.1) is 19.1 Å². The van der Waals surface area contributed by atoms with Gasteiger partial charge in [-0.05, 0) is 43.7 Å². The van der Waals surface area contributed by atoms with Crippen LogP contribution in [0.4, 0.5) is 0 Å². The fourth-order valence-corrected chi connectivity index (χ4v) is 3.69. The zero-order valence-electron chi connectivity index (χ0n) is 18.7. The molecule has 11 heteroatoms. The molecule has 0 heterocycles. The molecule has 0 aliphatic heterocycles. The van der Waals surface area contributed by atoms with Crippen molar-refractivity contribution in [2.24, 2.45) is 0 Å². The number of esters is 1. The molecule has 0 bridgehead atoms. The average Bonchev–Trinajstić information content (AvgIpc) is 2.80. The number of carbonyl (C=O) groups is 3. The van der Waals surface area contributed by atoms with E-state index in [1.54, 1.807) is 18.2 Å². The molecule has 2 aromatic carbocycles. The minimum atomic E-state index is -4.00. The summed E-state index contributed by atoms with van der Waals surface area (Å²) in [5, 5.41) is 2.63. The minimum absolute atomic E-state index is 0.110. The largest absolute Gasteiger partial charge is 0.493 e. The minimum Gasteiger partial charge on any atom is -0.493 e. The average molecular weight is 479 g/mol. The lowest BCUT2D eigenvalue weighted by Crippen LogP contribution is -2.38. The van der Waals surface area contributed by atoms with Crippen LogP contribution in [0, 0.1) is 0 Å². The second-order valence-electron chi connectivity index (χ2n) is 6.94. The Morgan fingerprint density at radius 1 is 0.970 bits per heavy atom. The molecule has 0 fully saturated rings. The van der Waals surface area contributed by atoms with E-state index in [-0.39, 0.29) is 17.2 Å². The summed E-state index contributed by atoms with van der Waals surface area (Å²) in [4.78, 5) is 35.4. The predicted molar refractivity (Wildman–Crippen MR) is 119 cm³/mol. The monoisotopic (exact) mass is 478 g/mol. The van der Waals surface area contributed by atoms with Gasteiger partial charge in [-0.15, -0.1) is 0 Å². The summed E-state index contributed by atoms with van der Waals surface area (Å²) >= 11 is 0. The third kappa shape index (κ3) is 7.29. The molecule has 10 nitrogen and oxygen atoms in total. The van der Waals surface area contributed by atoms with Crippen molar-refractivity contribution in [1.29, 1.82) is 0 Å². The van der Waals surface area contributed by atoms with E-state index in [9.17, 15) is 22.8 Å². The maximum Gasteiger partial charge on any atom is 0.321 e. The van der Waals surface area contributed by atoms with E-state index in [1.165, 1.54) is 52.3 Å². The molecule has 0 saturated carbocycles. The van der Waals surface area contributed by atoms with Crippen molar-refractivity contribution in [2.75, 3.05) is 20.8 Å². The van der Waals surface area contributed by atoms with Crippen molar-refractivity contribution < 1.29 is 37.0 Å². The van der Waals surface area contributed by atoms with Gasteiger partial charge in [-0.1, -0.05) is 18.2 Å². The number of sulfonamides is 1. The highest BCUT2D eigenvalue weighted by Gasteiger charge is 2.21. The lowest BCUT2D eigenvalue weighted by molar-refractivity contribution is -0.153. The summed E-state index contributed by atoms with van der Waals surface area (Å²) < 4.78 is 42.1. The zero-order valence-corrected chi connectivity index (χ0v) is 19.5. The third-order valence-corrected chi connectivity index (χ3v) is 5.99. The van der Waals surface area contributed by atoms with Crippen LogP contribution in [0.25, 0.3) is 0 Å². The SMILES string of the molecule is COc1ccc(CNC(=O)C(C)OC(=O)CNS(=O)(=O)c2ccc(C(C)=O)cc2)cc1OC. The second kappa shape index (κ2) is 11.4. The van der Waals surface area contributed by atoms with Crippen LogP contribution in [0.1, 0.15) is 29.8 Å². The Morgan fingerprint density at radius 2 is 1.61 bits per heavy atom. The van der Waals surface area contributed by atoms with Crippen LogP contribution < -0.4 is 19.5 Å². The van der Waals surface area contributed by atoms with Crippen molar-refractivity contribution in [2.45, 2.75) is 31.4 Å². The zero-order chi connectivity index (χ0) is 24.6. The molecule has 178 valence electrons. The quantitative estimate of drug-likeness (QED) is 0.366. The van der Waals surface area contributed by atoms with Gasteiger partial charge in [0.15, 0.2) is 23.4 Å². The molecule has 2 N–H and O–H groups in total. The van der Waals surface area contributed by atoms with E-state index in [4.69, 9.17) is 14.2 Å². The number of methoxy groups -OCH3 is 2. The summed E-state index contributed by atoms with van der Waals surface area (Å²) in [6, 6.07) is 10.4. The summed E-state index contributed by atoms with van der Waals surface area (Å²) in [7, 11) is -0.987. The lowest BCUT2D eigenvalue weighted by Gasteiger charge is -2.15. The number of hydrogen-bond donors (Lipinski definition) is 2. The number of hydrogen-bond acceptors (Lipinski definition) is 8. The molecule has 2 rings (SSSR count). The summed E-state index contributed by atoms with van der Waals surface area (Å²) in [5.74, 6) is -0.624. The molecule has 0 aliphatic rings.